The van der Waals surface area contributed by atoms with Crippen molar-refractivity contribution in [1.82, 2.24) is 0 Å². The van der Waals surface area contributed by atoms with Crippen LogP contribution in [-0.4, -0.2) is 34.2 Å². The molecule has 1 aromatic rings. The van der Waals surface area contributed by atoms with Gasteiger partial charge in [-0.3, -0.25) is 0 Å². The highest BCUT2D eigenvalue weighted by atomic mass is 35.5. The summed E-state index contributed by atoms with van der Waals surface area (Å²) in [5.41, 5.74) is 1.13. The van der Waals surface area contributed by atoms with Crippen LogP contribution in [0.1, 0.15) is 5.56 Å². The molecule has 0 saturated heterocycles. The maximum atomic E-state index is 6.15. The van der Waals surface area contributed by atoms with Crippen LogP contribution in [0.2, 0.25) is 10.0 Å². The summed E-state index contributed by atoms with van der Waals surface area (Å²) < 4.78 is 0. The fourth-order valence-electron chi connectivity index (χ4n) is 1.56. The quantitative estimate of drug-likeness (QED) is 0.748. The van der Waals surface area contributed by atoms with Crippen molar-refractivity contribution >= 4 is 23.2 Å². The molecule has 0 aromatic heterocycles. The molecule has 0 fully saturated rings. The molecule has 0 radical (unpaired) electrons. The molecule has 1 atom stereocenters. The zero-order valence-corrected chi connectivity index (χ0v) is 11.6. The first-order valence-electron chi connectivity index (χ1n) is 5.54. The summed E-state index contributed by atoms with van der Waals surface area (Å²) in [7, 11) is 6.51. The Labute approximate surface area is 108 Å². The molecular formula is C12H20Cl2N2+2. The first-order valence-corrected chi connectivity index (χ1v) is 6.29. The van der Waals surface area contributed by atoms with E-state index in [1.165, 1.54) is 9.80 Å². The van der Waals surface area contributed by atoms with Gasteiger partial charge >= 0.3 is 0 Å². The predicted molar refractivity (Wildman–Crippen MR) is 69.6 cm³/mol. The van der Waals surface area contributed by atoms with Crippen molar-refractivity contribution in [3.05, 3.63) is 33.8 Å². The van der Waals surface area contributed by atoms with Gasteiger partial charge in [0.25, 0.3) is 0 Å². The summed E-state index contributed by atoms with van der Waals surface area (Å²) in [6, 6.07) is 5.82. The van der Waals surface area contributed by atoms with E-state index in [9.17, 15) is 0 Å². The molecule has 0 bridgehead atoms. The molecule has 90 valence electrons. The third kappa shape index (κ3) is 4.30. The van der Waals surface area contributed by atoms with Gasteiger partial charge in [-0.25, -0.2) is 0 Å². The van der Waals surface area contributed by atoms with Gasteiger partial charge in [0.2, 0.25) is 0 Å². The molecule has 0 aliphatic rings. The molecule has 0 aliphatic heterocycles. The lowest BCUT2D eigenvalue weighted by molar-refractivity contribution is -0.937. The molecule has 2 N–H and O–H groups in total. The number of likely N-dealkylation sites (N-methyl/N-ethyl adjacent to an activating group) is 2. The maximum absolute atomic E-state index is 6.15. The fourth-order valence-corrected chi connectivity index (χ4v) is 1.95. The Balaban J connectivity index is 2.56. The van der Waals surface area contributed by atoms with Crippen molar-refractivity contribution in [3.8, 4) is 0 Å². The molecule has 2 nitrogen and oxygen atoms in total. The van der Waals surface area contributed by atoms with Crippen molar-refractivity contribution in [2.75, 3.05) is 34.2 Å². The molecule has 1 unspecified atom stereocenters. The van der Waals surface area contributed by atoms with Crippen LogP contribution >= 0.6 is 23.2 Å². The van der Waals surface area contributed by atoms with E-state index in [2.05, 4.69) is 21.1 Å². The lowest BCUT2D eigenvalue weighted by Gasteiger charge is -2.16. The minimum Gasteiger partial charge on any atom is -0.335 e. The van der Waals surface area contributed by atoms with Crippen LogP contribution in [0.15, 0.2) is 18.2 Å². The van der Waals surface area contributed by atoms with Gasteiger partial charge in [-0.2, -0.15) is 0 Å². The first-order chi connectivity index (χ1) is 7.50. The molecule has 1 rings (SSSR count). The average molecular weight is 263 g/mol. The van der Waals surface area contributed by atoms with Gasteiger partial charge in [0.05, 0.1) is 31.2 Å². The van der Waals surface area contributed by atoms with E-state index in [0.29, 0.717) is 10.0 Å². The summed E-state index contributed by atoms with van der Waals surface area (Å²) in [5.74, 6) is 0. The van der Waals surface area contributed by atoms with E-state index in [4.69, 9.17) is 23.2 Å². The molecule has 0 saturated carbocycles. The van der Waals surface area contributed by atoms with E-state index in [-0.39, 0.29) is 0 Å². The number of hydrogen-bond acceptors (Lipinski definition) is 0. The number of hydrogen-bond donors (Lipinski definition) is 2. The minimum atomic E-state index is 0.644. The minimum absolute atomic E-state index is 0.644. The number of halogens is 2. The molecule has 16 heavy (non-hydrogen) atoms. The van der Waals surface area contributed by atoms with E-state index in [0.717, 1.165) is 25.2 Å². The third-order valence-electron chi connectivity index (χ3n) is 2.58. The van der Waals surface area contributed by atoms with Crippen LogP contribution < -0.4 is 9.80 Å². The topological polar surface area (TPSA) is 8.88 Å². The summed E-state index contributed by atoms with van der Waals surface area (Å²) in [6.45, 7) is 3.21. The van der Waals surface area contributed by atoms with Crippen LogP contribution in [0.3, 0.4) is 0 Å². The third-order valence-corrected chi connectivity index (χ3v) is 3.43. The summed E-state index contributed by atoms with van der Waals surface area (Å²) in [4.78, 5) is 2.92. The van der Waals surface area contributed by atoms with Gasteiger partial charge in [0.1, 0.15) is 19.6 Å². The number of rotatable bonds is 5. The Hall–Kier alpha value is -0.280. The SMILES string of the molecule is C[NH+](C)CC[NH+](C)Cc1cccc(Cl)c1Cl. The Morgan fingerprint density at radius 3 is 2.38 bits per heavy atom. The predicted octanol–water partition coefficient (Wildman–Crippen LogP) is 0.153. The van der Waals surface area contributed by atoms with Crippen molar-refractivity contribution < 1.29 is 9.80 Å². The zero-order valence-electron chi connectivity index (χ0n) is 10.1. The van der Waals surface area contributed by atoms with Gasteiger partial charge in [0, 0.05) is 5.56 Å². The Kier molecular flexibility index (Phi) is 5.56. The van der Waals surface area contributed by atoms with Gasteiger partial charge in [-0.15, -0.1) is 0 Å². The number of quaternary nitrogens is 2. The van der Waals surface area contributed by atoms with Gasteiger partial charge in [0.15, 0.2) is 0 Å². The maximum Gasteiger partial charge on any atom is 0.127 e. The summed E-state index contributed by atoms with van der Waals surface area (Å²) in [5, 5.41) is 1.34. The largest absolute Gasteiger partial charge is 0.335 e. The van der Waals surface area contributed by atoms with Crippen LogP contribution in [0, 0.1) is 0 Å². The molecule has 4 heteroatoms. The van der Waals surface area contributed by atoms with Crippen LogP contribution in [-0.2, 0) is 6.54 Å². The molecular weight excluding hydrogens is 243 g/mol. The van der Waals surface area contributed by atoms with Gasteiger partial charge in [-0.1, -0.05) is 35.3 Å². The number of benzene rings is 1. The van der Waals surface area contributed by atoms with Crippen molar-refractivity contribution in [3.63, 3.8) is 0 Å². The van der Waals surface area contributed by atoms with Crippen molar-refractivity contribution in [2.24, 2.45) is 0 Å². The van der Waals surface area contributed by atoms with Crippen molar-refractivity contribution in [1.29, 1.82) is 0 Å². The second kappa shape index (κ2) is 6.45. The van der Waals surface area contributed by atoms with E-state index in [1.54, 1.807) is 0 Å². The highest BCUT2D eigenvalue weighted by molar-refractivity contribution is 6.42. The lowest BCUT2D eigenvalue weighted by Crippen LogP contribution is -3.15. The second-order valence-corrected chi connectivity index (χ2v) is 5.34. The Morgan fingerprint density at radius 1 is 1.06 bits per heavy atom. The fraction of sp³-hybridized carbons (Fsp3) is 0.500. The Morgan fingerprint density at radius 2 is 1.75 bits per heavy atom. The average Bonchev–Trinajstić information content (AvgIpc) is 2.22. The standard InChI is InChI=1S/C12H18Cl2N2/c1-15(2)7-8-16(3)9-10-5-4-6-11(13)12(10)14/h4-6H,7-9H2,1-3H3/p+2. The molecule has 0 amide bonds. The monoisotopic (exact) mass is 262 g/mol. The van der Waals surface area contributed by atoms with E-state index >= 15 is 0 Å². The molecule has 1 aromatic carbocycles. The van der Waals surface area contributed by atoms with Crippen molar-refractivity contribution in [2.45, 2.75) is 6.54 Å². The smallest absolute Gasteiger partial charge is 0.127 e. The normalized spacial score (nSPS) is 13.1. The number of nitrogens with one attached hydrogen (secondary N) is 2. The summed E-state index contributed by atoms with van der Waals surface area (Å²) >= 11 is 12.1. The molecule has 0 spiro atoms. The zero-order chi connectivity index (χ0) is 12.1. The highest BCUT2D eigenvalue weighted by Crippen LogP contribution is 2.24. The van der Waals surface area contributed by atoms with Crippen LogP contribution in [0.4, 0.5) is 0 Å². The highest BCUT2D eigenvalue weighted by Gasteiger charge is 2.10. The van der Waals surface area contributed by atoms with E-state index in [1.807, 2.05) is 18.2 Å². The molecule has 0 heterocycles. The van der Waals surface area contributed by atoms with Gasteiger partial charge < -0.3 is 9.80 Å². The first kappa shape index (κ1) is 13.8. The van der Waals surface area contributed by atoms with Crippen LogP contribution in [0.25, 0.3) is 0 Å². The van der Waals surface area contributed by atoms with Crippen LogP contribution in [0.5, 0.6) is 0 Å². The van der Waals surface area contributed by atoms with E-state index < -0.39 is 0 Å². The summed E-state index contributed by atoms with van der Waals surface area (Å²) in [6.07, 6.45) is 0. The second-order valence-electron chi connectivity index (χ2n) is 4.55. The molecule has 0 aliphatic carbocycles. The lowest BCUT2D eigenvalue weighted by atomic mass is 10.2. The van der Waals surface area contributed by atoms with Gasteiger partial charge in [-0.05, 0) is 6.07 Å². The Bertz CT molecular complexity index is 340.